The van der Waals surface area contributed by atoms with Crippen LogP contribution >= 0.6 is 0 Å². The molecule has 1 aliphatic heterocycles. The Morgan fingerprint density at radius 2 is 2.12 bits per heavy atom. The molecule has 0 N–H and O–H groups in total. The number of nitrogens with zero attached hydrogens (tertiary/aromatic N) is 2. The van der Waals surface area contributed by atoms with Gasteiger partial charge in [-0.25, -0.2) is 0 Å². The Morgan fingerprint density at radius 3 is 2.76 bits per heavy atom. The number of benzene rings is 1. The molecule has 4 nitrogen and oxygen atoms in total. The molecular weight excluding hydrogens is 216 g/mol. The van der Waals surface area contributed by atoms with Crippen molar-refractivity contribution < 1.29 is 4.92 Å². The molecule has 0 amide bonds. The van der Waals surface area contributed by atoms with Crippen molar-refractivity contribution in [3.8, 4) is 0 Å². The second-order valence-corrected chi connectivity index (χ2v) is 4.89. The lowest BCUT2D eigenvalue weighted by Gasteiger charge is -2.30. The van der Waals surface area contributed by atoms with Crippen molar-refractivity contribution >= 4 is 5.69 Å². The first kappa shape index (κ1) is 12.0. The number of hydrogen-bond donors (Lipinski definition) is 0. The number of nitro benzene ring substituents is 1. The van der Waals surface area contributed by atoms with Crippen LogP contribution < -0.4 is 0 Å². The topological polar surface area (TPSA) is 46.4 Å². The zero-order valence-electron chi connectivity index (χ0n) is 10.1. The van der Waals surface area contributed by atoms with Crippen LogP contribution in [0.4, 0.5) is 5.69 Å². The third kappa shape index (κ3) is 3.27. The van der Waals surface area contributed by atoms with Gasteiger partial charge in [0, 0.05) is 18.7 Å². The number of hydrogen-bond acceptors (Lipinski definition) is 3. The van der Waals surface area contributed by atoms with E-state index in [1.807, 2.05) is 6.07 Å². The summed E-state index contributed by atoms with van der Waals surface area (Å²) in [5.74, 6) is 0.816. The zero-order valence-corrected chi connectivity index (χ0v) is 10.1. The van der Waals surface area contributed by atoms with E-state index in [0.717, 1.165) is 31.1 Å². The lowest BCUT2D eigenvalue weighted by molar-refractivity contribution is -0.384. The number of nitro groups is 1. The lowest BCUT2D eigenvalue weighted by atomic mass is 9.99. The van der Waals surface area contributed by atoms with Crippen molar-refractivity contribution in [2.75, 3.05) is 13.1 Å². The second-order valence-electron chi connectivity index (χ2n) is 4.89. The van der Waals surface area contributed by atoms with Crippen LogP contribution in [0, 0.1) is 16.0 Å². The normalized spacial score (nSPS) is 18.2. The summed E-state index contributed by atoms with van der Waals surface area (Å²) in [6, 6.07) is 6.95. The van der Waals surface area contributed by atoms with Gasteiger partial charge in [0.15, 0.2) is 0 Å². The SMILES string of the molecule is CC1CCN(Cc2cccc([N+](=O)[O-])c2)CC1. The van der Waals surface area contributed by atoms with Crippen molar-refractivity contribution in [2.24, 2.45) is 5.92 Å². The maximum absolute atomic E-state index is 10.7. The molecule has 1 saturated heterocycles. The molecule has 1 aliphatic rings. The minimum atomic E-state index is -0.332. The molecule has 0 spiro atoms. The van der Waals surface area contributed by atoms with E-state index in [4.69, 9.17) is 0 Å². The predicted octanol–water partition coefficient (Wildman–Crippen LogP) is 2.83. The van der Waals surface area contributed by atoms with E-state index in [-0.39, 0.29) is 10.6 Å². The van der Waals surface area contributed by atoms with Gasteiger partial charge in [-0.2, -0.15) is 0 Å². The molecule has 0 saturated carbocycles. The Kier molecular flexibility index (Phi) is 3.74. The van der Waals surface area contributed by atoms with Crippen molar-refractivity contribution in [1.29, 1.82) is 0 Å². The molecule has 2 rings (SSSR count). The molecule has 0 radical (unpaired) electrons. The van der Waals surface area contributed by atoms with E-state index >= 15 is 0 Å². The van der Waals surface area contributed by atoms with Crippen LogP contribution in [-0.2, 0) is 6.54 Å². The first-order valence-electron chi connectivity index (χ1n) is 6.11. The van der Waals surface area contributed by atoms with Crippen LogP contribution in [0.3, 0.4) is 0 Å². The zero-order chi connectivity index (χ0) is 12.3. The van der Waals surface area contributed by atoms with Crippen molar-refractivity contribution in [2.45, 2.75) is 26.3 Å². The van der Waals surface area contributed by atoms with Gasteiger partial charge in [0.05, 0.1) is 4.92 Å². The van der Waals surface area contributed by atoms with E-state index in [1.165, 1.54) is 12.8 Å². The van der Waals surface area contributed by atoms with Gasteiger partial charge in [-0.05, 0) is 37.4 Å². The Balaban J connectivity index is 1.98. The molecule has 1 heterocycles. The summed E-state index contributed by atoms with van der Waals surface area (Å²) in [5, 5.41) is 10.7. The Bertz CT molecular complexity index is 398. The minimum absolute atomic E-state index is 0.188. The monoisotopic (exact) mass is 234 g/mol. The summed E-state index contributed by atoms with van der Waals surface area (Å²) in [5.41, 5.74) is 1.22. The molecule has 1 aromatic rings. The van der Waals surface area contributed by atoms with Gasteiger partial charge in [0.1, 0.15) is 0 Å². The van der Waals surface area contributed by atoms with Gasteiger partial charge in [-0.3, -0.25) is 15.0 Å². The number of non-ortho nitro benzene ring substituents is 1. The van der Waals surface area contributed by atoms with Gasteiger partial charge in [0.25, 0.3) is 5.69 Å². The average molecular weight is 234 g/mol. The van der Waals surface area contributed by atoms with Crippen LogP contribution in [0.25, 0.3) is 0 Å². The van der Waals surface area contributed by atoms with Gasteiger partial charge >= 0.3 is 0 Å². The summed E-state index contributed by atoms with van der Waals surface area (Å²) in [6.45, 7) is 5.31. The number of piperidine rings is 1. The summed E-state index contributed by atoms with van der Waals surface area (Å²) in [6.07, 6.45) is 2.46. The molecule has 92 valence electrons. The first-order valence-corrected chi connectivity index (χ1v) is 6.11. The molecule has 0 aromatic heterocycles. The van der Waals surface area contributed by atoms with Crippen molar-refractivity contribution in [1.82, 2.24) is 4.90 Å². The molecular formula is C13H18N2O2. The minimum Gasteiger partial charge on any atom is -0.299 e. The summed E-state index contributed by atoms with van der Waals surface area (Å²) in [7, 11) is 0. The van der Waals surface area contributed by atoms with E-state index in [0.29, 0.717) is 0 Å². The highest BCUT2D eigenvalue weighted by molar-refractivity contribution is 5.34. The van der Waals surface area contributed by atoms with Gasteiger partial charge in [0.2, 0.25) is 0 Å². The largest absolute Gasteiger partial charge is 0.299 e. The fraction of sp³-hybridized carbons (Fsp3) is 0.538. The molecule has 0 atom stereocenters. The van der Waals surface area contributed by atoms with Crippen LogP contribution in [-0.4, -0.2) is 22.9 Å². The number of rotatable bonds is 3. The third-order valence-corrected chi connectivity index (χ3v) is 3.40. The third-order valence-electron chi connectivity index (χ3n) is 3.40. The fourth-order valence-corrected chi connectivity index (χ4v) is 2.25. The van der Waals surface area contributed by atoms with Gasteiger partial charge in [-0.15, -0.1) is 0 Å². The maximum atomic E-state index is 10.7. The number of likely N-dealkylation sites (tertiary alicyclic amines) is 1. The Morgan fingerprint density at radius 1 is 1.41 bits per heavy atom. The molecule has 0 unspecified atom stereocenters. The molecule has 4 heteroatoms. The van der Waals surface area contributed by atoms with Crippen molar-refractivity contribution in [3.63, 3.8) is 0 Å². The molecule has 1 fully saturated rings. The smallest absolute Gasteiger partial charge is 0.269 e. The second kappa shape index (κ2) is 5.27. The molecule has 17 heavy (non-hydrogen) atoms. The van der Waals surface area contributed by atoms with Crippen LogP contribution in [0.5, 0.6) is 0 Å². The van der Waals surface area contributed by atoms with Crippen LogP contribution in [0.1, 0.15) is 25.3 Å². The Hall–Kier alpha value is -1.42. The van der Waals surface area contributed by atoms with Crippen LogP contribution in [0.2, 0.25) is 0 Å². The van der Waals surface area contributed by atoms with Gasteiger partial charge in [-0.1, -0.05) is 19.1 Å². The van der Waals surface area contributed by atoms with E-state index < -0.39 is 0 Å². The quantitative estimate of drug-likeness (QED) is 0.596. The Labute approximate surface area is 101 Å². The maximum Gasteiger partial charge on any atom is 0.269 e. The summed E-state index contributed by atoms with van der Waals surface area (Å²) in [4.78, 5) is 12.7. The van der Waals surface area contributed by atoms with E-state index in [1.54, 1.807) is 18.2 Å². The summed E-state index contributed by atoms with van der Waals surface area (Å²) < 4.78 is 0. The lowest BCUT2D eigenvalue weighted by Crippen LogP contribution is -2.32. The predicted molar refractivity (Wildman–Crippen MR) is 66.8 cm³/mol. The highest BCUT2D eigenvalue weighted by Gasteiger charge is 2.16. The first-order chi connectivity index (χ1) is 8.15. The average Bonchev–Trinajstić information content (AvgIpc) is 2.32. The standard InChI is InChI=1S/C13H18N2O2/c1-11-5-7-14(8-6-11)10-12-3-2-4-13(9-12)15(16)17/h2-4,9,11H,5-8,10H2,1H3. The molecule has 0 bridgehead atoms. The fourth-order valence-electron chi connectivity index (χ4n) is 2.25. The van der Waals surface area contributed by atoms with Gasteiger partial charge < -0.3 is 0 Å². The highest BCUT2D eigenvalue weighted by Crippen LogP contribution is 2.20. The van der Waals surface area contributed by atoms with E-state index in [9.17, 15) is 10.1 Å². The van der Waals surface area contributed by atoms with E-state index in [2.05, 4.69) is 11.8 Å². The molecule has 1 aromatic carbocycles. The van der Waals surface area contributed by atoms with Crippen molar-refractivity contribution in [3.05, 3.63) is 39.9 Å². The highest BCUT2D eigenvalue weighted by atomic mass is 16.6. The summed E-state index contributed by atoms with van der Waals surface area (Å²) >= 11 is 0. The van der Waals surface area contributed by atoms with Crippen LogP contribution in [0.15, 0.2) is 24.3 Å². The molecule has 0 aliphatic carbocycles.